The molecule has 3 aromatic carbocycles. The minimum Gasteiger partial charge on any atom is -0.493 e. The van der Waals surface area contributed by atoms with Gasteiger partial charge < -0.3 is 18.9 Å². The fourth-order valence-electron chi connectivity index (χ4n) is 6.02. The van der Waals surface area contributed by atoms with E-state index in [0.29, 0.717) is 46.9 Å². The zero-order valence-corrected chi connectivity index (χ0v) is 24.8. The van der Waals surface area contributed by atoms with Crippen molar-refractivity contribution in [2.75, 3.05) is 27.9 Å². The predicted molar refractivity (Wildman–Crippen MR) is 162 cm³/mol. The Morgan fingerprint density at radius 3 is 2.23 bits per heavy atom. The molecule has 0 amide bonds. The van der Waals surface area contributed by atoms with Crippen molar-refractivity contribution in [2.45, 2.75) is 38.0 Å². The minimum absolute atomic E-state index is 0.0681. The van der Waals surface area contributed by atoms with E-state index in [1.54, 1.807) is 38.5 Å². The molecule has 0 aromatic heterocycles. The average Bonchev–Trinajstić information content (AvgIpc) is 3.03. The van der Waals surface area contributed by atoms with Gasteiger partial charge in [-0.2, -0.15) is 0 Å². The van der Waals surface area contributed by atoms with Gasteiger partial charge in [-0.05, 0) is 60.2 Å². The maximum atomic E-state index is 14.0. The molecule has 5 rings (SSSR count). The number of allylic oxidation sites excluding steroid dienone is 2. The Labute approximate surface area is 251 Å². The van der Waals surface area contributed by atoms with Gasteiger partial charge in [-0.1, -0.05) is 48.5 Å². The van der Waals surface area contributed by atoms with E-state index in [9.17, 15) is 14.4 Å². The molecular weight excluding hydrogens is 546 g/mol. The zero-order chi connectivity index (χ0) is 30.5. The highest BCUT2D eigenvalue weighted by Crippen LogP contribution is 2.47. The van der Waals surface area contributed by atoms with Crippen LogP contribution < -0.4 is 9.47 Å². The van der Waals surface area contributed by atoms with Gasteiger partial charge in [0.2, 0.25) is 0 Å². The van der Waals surface area contributed by atoms with Crippen LogP contribution in [-0.4, -0.2) is 51.4 Å². The van der Waals surface area contributed by atoms with E-state index in [4.69, 9.17) is 23.9 Å². The predicted octanol–water partition coefficient (Wildman–Crippen LogP) is 5.85. The molecule has 1 aliphatic carbocycles. The number of rotatable bonds is 9. The molecular formula is C35H35NO7. The second-order valence-electron chi connectivity index (χ2n) is 10.7. The van der Waals surface area contributed by atoms with Gasteiger partial charge in [-0.25, -0.2) is 4.79 Å². The number of hydrogen-bond donors (Lipinski definition) is 0. The van der Waals surface area contributed by atoms with Crippen molar-refractivity contribution >= 4 is 23.4 Å². The molecule has 0 N–H and O–H groups in total. The highest BCUT2D eigenvalue weighted by molar-refractivity contribution is 6.09. The average molecular weight is 582 g/mol. The van der Waals surface area contributed by atoms with Gasteiger partial charge in [-0.3, -0.25) is 14.6 Å². The molecule has 43 heavy (non-hydrogen) atoms. The summed E-state index contributed by atoms with van der Waals surface area (Å²) >= 11 is 0. The number of Topliss-reactive ketones (excluding diaryl/α,β-unsaturated/α-hetero) is 1. The van der Waals surface area contributed by atoms with Crippen molar-refractivity contribution in [3.8, 4) is 11.5 Å². The Morgan fingerprint density at radius 1 is 0.860 bits per heavy atom. The monoisotopic (exact) mass is 581 g/mol. The first-order valence-electron chi connectivity index (χ1n) is 14.3. The van der Waals surface area contributed by atoms with Gasteiger partial charge in [-0.15, -0.1) is 0 Å². The van der Waals surface area contributed by atoms with Crippen molar-refractivity contribution in [2.24, 2.45) is 10.9 Å². The van der Waals surface area contributed by atoms with Gasteiger partial charge in [0.15, 0.2) is 17.3 Å². The summed E-state index contributed by atoms with van der Waals surface area (Å²) in [4.78, 5) is 44.6. The maximum absolute atomic E-state index is 14.0. The van der Waals surface area contributed by atoms with Crippen LogP contribution in [-0.2, 0) is 25.5 Å². The Hall–Kier alpha value is -4.72. The van der Waals surface area contributed by atoms with Crippen LogP contribution in [0.4, 0.5) is 0 Å². The third-order valence-electron chi connectivity index (χ3n) is 8.19. The molecule has 0 radical (unpaired) electrons. The zero-order valence-electron chi connectivity index (χ0n) is 24.8. The Morgan fingerprint density at radius 2 is 1.56 bits per heavy atom. The van der Waals surface area contributed by atoms with Gasteiger partial charge in [0.1, 0.15) is 5.92 Å². The normalized spacial score (nSPS) is 19.7. The van der Waals surface area contributed by atoms with Crippen molar-refractivity contribution in [1.29, 1.82) is 0 Å². The minimum atomic E-state index is -0.778. The van der Waals surface area contributed by atoms with Crippen LogP contribution in [0.3, 0.4) is 0 Å². The number of ether oxygens (including phenoxy) is 4. The van der Waals surface area contributed by atoms with E-state index < -0.39 is 23.8 Å². The molecule has 1 heterocycles. The molecule has 0 saturated heterocycles. The topological polar surface area (TPSA) is 100 Å². The second-order valence-corrected chi connectivity index (χ2v) is 10.7. The first-order chi connectivity index (χ1) is 20.8. The summed E-state index contributed by atoms with van der Waals surface area (Å²) in [5.74, 6) is -1.23. The molecule has 0 saturated carbocycles. The highest BCUT2D eigenvalue weighted by Gasteiger charge is 2.45. The molecule has 0 spiro atoms. The summed E-state index contributed by atoms with van der Waals surface area (Å²) in [7, 11) is 4.49. The number of aliphatic imine (C=N–C) groups is 1. The molecule has 8 nitrogen and oxygen atoms in total. The van der Waals surface area contributed by atoms with Gasteiger partial charge >= 0.3 is 11.9 Å². The number of methoxy groups -OCH3 is 3. The number of esters is 2. The summed E-state index contributed by atoms with van der Waals surface area (Å²) in [6.45, 7) is 2.02. The summed E-state index contributed by atoms with van der Waals surface area (Å²) in [5.41, 5.74) is 4.91. The first kappa shape index (κ1) is 29.8. The molecule has 8 heteroatoms. The molecule has 1 aliphatic heterocycles. The number of carbonyl (C=O) groups excluding carboxylic acids is 3. The van der Waals surface area contributed by atoms with Crippen molar-refractivity contribution < 1.29 is 33.3 Å². The molecule has 3 aromatic rings. The lowest BCUT2D eigenvalue weighted by Gasteiger charge is -2.36. The van der Waals surface area contributed by atoms with E-state index in [2.05, 4.69) is 0 Å². The van der Waals surface area contributed by atoms with Crippen molar-refractivity contribution in [3.05, 3.63) is 106 Å². The quantitative estimate of drug-likeness (QED) is 0.292. The third-order valence-corrected chi connectivity index (χ3v) is 8.19. The lowest BCUT2D eigenvalue weighted by atomic mass is 9.69. The fraction of sp³-hybridized carbons (Fsp3) is 0.314. The molecule has 3 atom stereocenters. The second kappa shape index (κ2) is 13.1. The van der Waals surface area contributed by atoms with E-state index >= 15 is 0 Å². The highest BCUT2D eigenvalue weighted by atomic mass is 16.5. The molecule has 0 fully saturated rings. The Balaban J connectivity index is 1.48. The van der Waals surface area contributed by atoms with Crippen LogP contribution in [0.2, 0.25) is 0 Å². The lowest BCUT2D eigenvalue weighted by molar-refractivity contribution is -0.146. The molecule has 222 valence electrons. The van der Waals surface area contributed by atoms with Crippen LogP contribution in [0.5, 0.6) is 11.5 Å². The van der Waals surface area contributed by atoms with Crippen LogP contribution in [0.25, 0.3) is 0 Å². The van der Waals surface area contributed by atoms with Gasteiger partial charge in [0.25, 0.3) is 0 Å². The summed E-state index contributed by atoms with van der Waals surface area (Å²) in [6, 6.07) is 22.3. The third kappa shape index (κ3) is 6.23. The number of ketones is 1. The summed E-state index contributed by atoms with van der Waals surface area (Å²) < 4.78 is 21.5. The Kier molecular flexibility index (Phi) is 9.04. The molecule has 1 unspecified atom stereocenters. The van der Waals surface area contributed by atoms with Crippen LogP contribution in [0.15, 0.2) is 89.1 Å². The number of nitrogens with zero attached hydrogens (tertiary/aromatic N) is 1. The van der Waals surface area contributed by atoms with Gasteiger partial charge in [0.05, 0.1) is 33.5 Å². The molecule has 0 bridgehead atoms. The standard InChI is InChI=1S/C35H35NO7/c1-21-31(35(39)43-17-16-22-8-6-5-7-9-22)32(23-10-12-24(13-11-23)34(38)42-4)33-27(36-21)18-26(19-28(33)37)25-14-15-29(40-2)30(20-25)41-3/h5-15,20,26,31-32H,16-19H2,1-4H3/t26-,31?,32+/m1/s1. The van der Waals surface area contributed by atoms with Crippen LogP contribution in [0, 0.1) is 5.92 Å². The molecule has 2 aliphatic rings. The number of carbonyl (C=O) groups is 3. The van der Waals surface area contributed by atoms with Crippen LogP contribution in [0.1, 0.15) is 58.6 Å². The van der Waals surface area contributed by atoms with E-state index in [-0.39, 0.29) is 24.7 Å². The van der Waals surface area contributed by atoms with E-state index in [1.165, 1.54) is 7.11 Å². The largest absolute Gasteiger partial charge is 0.493 e. The summed E-state index contributed by atoms with van der Waals surface area (Å²) in [6.07, 6.45) is 1.36. The SMILES string of the molecule is COC(=O)c1ccc([C@@H]2C3=C(C[C@@H](c4ccc(OC)c(OC)c4)CC3=O)N=C(C)C2C(=O)OCCc2ccccc2)cc1. The van der Waals surface area contributed by atoms with E-state index in [1.807, 2.05) is 55.5 Å². The fourth-order valence-corrected chi connectivity index (χ4v) is 6.02. The lowest BCUT2D eigenvalue weighted by Crippen LogP contribution is -2.38. The number of hydrogen-bond acceptors (Lipinski definition) is 8. The van der Waals surface area contributed by atoms with Crippen LogP contribution >= 0.6 is 0 Å². The van der Waals surface area contributed by atoms with Crippen molar-refractivity contribution in [3.63, 3.8) is 0 Å². The number of benzene rings is 3. The van der Waals surface area contributed by atoms with Crippen molar-refractivity contribution in [1.82, 2.24) is 0 Å². The van der Waals surface area contributed by atoms with E-state index in [0.717, 1.165) is 16.7 Å². The smallest absolute Gasteiger partial charge is 0.337 e. The van der Waals surface area contributed by atoms with Gasteiger partial charge in [0, 0.05) is 35.7 Å². The Bertz CT molecular complexity index is 1570. The summed E-state index contributed by atoms with van der Waals surface area (Å²) in [5, 5.41) is 0. The maximum Gasteiger partial charge on any atom is 0.337 e. The first-order valence-corrected chi connectivity index (χ1v) is 14.3.